The number of hydrogen-bond acceptors (Lipinski definition) is 16. The van der Waals surface area contributed by atoms with E-state index in [4.69, 9.17) is 23.7 Å². The number of ketones is 2. The standard InChI is InChI=1S/C45H65FN6O10S/c1-11-35-45(7,57)40(55)25(3)38(54)32-20-44(6,59-10)41(26(4)37(53)27(5)42(56)61-35)62-36-19-31(18-24(2)60-36)51(8)17-16-30-23-52(50-49-30)33(21-46)39(58-9)29-14-12-28(13-15-29)34-22-47-43(48-32)63-34/h12-15,22-27,31-33,35-36,39-41,55,57H,11,16-21H2,1-10H3,(H,47,48)/t24-,25+,26+,27-,31+,32-,33-,35-,36+,39-,40-,41-,44-,45-/m1/s1. The van der Waals surface area contributed by atoms with Crippen LogP contribution in [0.4, 0.5) is 9.52 Å². The summed E-state index contributed by atoms with van der Waals surface area (Å²) < 4.78 is 47.6. The molecule has 14 atom stereocenters. The number of nitrogens with one attached hydrogen (secondary N) is 1. The molecule has 6 heterocycles. The molecule has 16 nitrogen and oxygen atoms in total. The number of alkyl halides is 1. The molecule has 18 heteroatoms. The van der Waals surface area contributed by atoms with Gasteiger partial charge < -0.3 is 44.1 Å². The largest absolute Gasteiger partial charge is 0.459 e. The van der Waals surface area contributed by atoms with E-state index in [-0.39, 0.29) is 25.0 Å². The fraction of sp³-hybridized carbons (Fsp3) is 0.689. The van der Waals surface area contributed by atoms with Gasteiger partial charge in [-0.2, -0.15) is 0 Å². The van der Waals surface area contributed by atoms with Gasteiger partial charge in [0.05, 0.1) is 40.5 Å². The molecule has 0 aliphatic carbocycles. The summed E-state index contributed by atoms with van der Waals surface area (Å²) in [6.45, 7) is 11.2. The Kier molecular flexibility index (Phi) is 15.6. The van der Waals surface area contributed by atoms with E-state index in [1.54, 1.807) is 33.2 Å². The van der Waals surface area contributed by atoms with Gasteiger partial charge in [-0.15, -0.1) is 5.10 Å². The number of ether oxygens (including phenoxy) is 5. The minimum absolute atomic E-state index is 0.0258. The zero-order chi connectivity index (χ0) is 46.0. The van der Waals surface area contributed by atoms with E-state index in [0.29, 0.717) is 36.6 Å². The van der Waals surface area contributed by atoms with Crippen LogP contribution in [0.3, 0.4) is 0 Å². The Balaban J connectivity index is 1.47. The normalized spacial score (nSPS) is 36.9. The number of anilines is 1. The fourth-order valence-electron chi connectivity index (χ4n) is 9.43. The number of benzene rings is 1. The SMILES string of the molecule is CC[C@H]1OC(=O)[C@H](C)C(=O)[C@H](C)[C@H]2O[C@H]3C[C@H](C[C@@H](C)O3)N(C)CCc3cn(nn3)[C@H](CF)[C@H](OC)c3ccc(cc3)-c3cnc(s3)N[C@H](C[C@@]2(C)OC)C(=O)[C@H](C)[C@@H](O)[C@]1(C)O. The molecular weight excluding hydrogens is 836 g/mol. The number of thiazole rings is 1. The van der Waals surface area contributed by atoms with Crippen LogP contribution in [-0.2, 0) is 44.5 Å². The number of hydrogen-bond donors (Lipinski definition) is 3. The quantitative estimate of drug-likeness (QED) is 0.230. The Bertz CT molecular complexity index is 2030. The second kappa shape index (κ2) is 20.2. The molecule has 3 N–H and O–H groups in total. The maximum Gasteiger partial charge on any atom is 0.316 e. The second-order valence-corrected chi connectivity index (χ2v) is 19.1. The highest BCUT2D eigenvalue weighted by Crippen LogP contribution is 2.39. The average molecular weight is 901 g/mol. The van der Waals surface area contributed by atoms with E-state index >= 15 is 0 Å². The molecule has 0 saturated carbocycles. The highest BCUT2D eigenvalue weighted by molar-refractivity contribution is 7.18. The van der Waals surface area contributed by atoms with Gasteiger partial charge in [0.25, 0.3) is 0 Å². The number of likely N-dealkylation sites (N-methyl/N-ethyl adjacent to an activating group) is 1. The van der Waals surface area contributed by atoms with Gasteiger partial charge in [-0.3, -0.25) is 14.4 Å². The van der Waals surface area contributed by atoms with Crippen molar-refractivity contribution >= 4 is 34.0 Å². The van der Waals surface area contributed by atoms with Crippen molar-refractivity contribution < 1.29 is 52.7 Å². The summed E-state index contributed by atoms with van der Waals surface area (Å²) in [6, 6.07) is 5.63. The van der Waals surface area contributed by atoms with Gasteiger partial charge >= 0.3 is 5.97 Å². The molecule has 348 valence electrons. The molecule has 2 fully saturated rings. The average Bonchev–Trinajstić information content (AvgIpc) is 3.95. The van der Waals surface area contributed by atoms with Gasteiger partial charge in [0.15, 0.2) is 23.0 Å². The van der Waals surface area contributed by atoms with Gasteiger partial charge in [0.2, 0.25) is 0 Å². The van der Waals surface area contributed by atoms with E-state index in [1.807, 2.05) is 38.2 Å². The molecule has 0 radical (unpaired) electrons. The molecule has 2 saturated heterocycles. The zero-order valence-corrected chi connectivity index (χ0v) is 38.8. The summed E-state index contributed by atoms with van der Waals surface area (Å²) in [5.74, 6) is -5.30. The monoisotopic (exact) mass is 900 g/mol. The third kappa shape index (κ3) is 10.4. The van der Waals surface area contributed by atoms with E-state index < -0.39 is 96.0 Å². The zero-order valence-electron chi connectivity index (χ0n) is 38.0. The first-order chi connectivity index (χ1) is 29.8. The number of carbonyl (C=O) groups excluding carboxylic acids is 3. The number of aromatic nitrogens is 4. The molecule has 2 aromatic heterocycles. The van der Waals surface area contributed by atoms with Crippen molar-refractivity contribution in [1.82, 2.24) is 24.9 Å². The lowest BCUT2D eigenvalue weighted by atomic mass is 9.75. The lowest BCUT2D eigenvalue weighted by Gasteiger charge is -2.46. The van der Waals surface area contributed by atoms with Crippen molar-refractivity contribution in [2.45, 2.75) is 147 Å². The fourth-order valence-corrected chi connectivity index (χ4v) is 10.3. The Morgan fingerprint density at radius 3 is 2.40 bits per heavy atom. The minimum Gasteiger partial charge on any atom is -0.459 e. The van der Waals surface area contributed by atoms with E-state index in [9.17, 15) is 29.0 Å². The topological polar surface area (TPSA) is 197 Å². The number of carbonyl (C=O) groups is 3. The summed E-state index contributed by atoms with van der Waals surface area (Å²) in [4.78, 5) is 50.6. The number of halogens is 1. The third-order valence-electron chi connectivity index (χ3n) is 13.6. The number of aliphatic hydroxyl groups excluding tert-OH is 1. The number of cyclic esters (lactones) is 1. The number of nitrogens with zero attached hydrogens (tertiary/aromatic N) is 5. The lowest BCUT2D eigenvalue weighted by molar-refractivity contribution is -0.262. The summed E-state index contributed by atoms with van der Waals surface area (Å²) in [6.07, 6.45) is -0.638. The van der Waals surface area contributed by atoms with Crippen molar-refractivity contribution in [1.29, 1.82) is 0 Å². The van der Waals surface area contributed by atoms with Crippen molar-refractivity contribution in [3.8, 4) is 10.4 Å². The van der Waals surface area contributed by atoms with Crippen LogP contribution in [0, 0.1) is 17.8 Å². The predicted octanol–water partition coefficient (Wildman–Crippen LogP) is 5.14. The molecule has 4 aliphatic rings. The molecule has 0 unspecified atom stereocenters. The first-order valence-electron chi connectivity index (χ1n) is 21.9. The number of methoxy groups -OCH3 is 2. The molecule has 63 heavy (non-hydrogen) atoms. The lowest BCUT2D eigenvalue weighted by Crippen LogP contribution is -2.59. The van der Waals surface area contributed by atoms with Crippen LogP contribution in [0.1, 0.15) is 97.6 Å². The van der Waals surface area contributed by atoms with Crippen molar-refractivity contribution in [3.05, 3.63) is 47.9 Å². The number of Topliss-reactive ketones (excluding diaryl/α,β-unsaturated/α-hetero) is 2. The van der Waals surface area contributed by atoms with Crippen LogP contribution in [0.2, 0.25) is 0 Å². The highest BCUT2D eigenvalue weighted by atomic mass is 32.1. The van der Waals surface area contributed by atoms with Crippen molar-refractivity contribution in [3.63, 3.8) is 0 Å². The van der Waals surface area contributed by atoms with Crippen LogP contribution >= 0.6 is 11.3 Å². The van der Waals surface area contributed by atoms with Crippen LogP contribution in [0.15, 0.2) is 36.7 Å². The predicted molar refractivity (Wildman–Crippen MR) is 233 cm³/mol. The highest BCUT2D eigenvalue weighted by Gasteiger charge is 2.52. The summed E-state index contributed by atoms with van der Waals surface area (Å²) in [7, 11) is 5.02. The number of aliphatic hydroxyl groups is 2. The molecular formula is C45H65FN6O10S. The molecule has 3 aromatic rings. The van der Waals surface area contributed by atoms with Crippen LogP contribution in [0.5, 0.6) is 0 Å². The number of fused-ring (bicyclic) bond motifs is 5. The van der Waals surface area contributed by atoms with Crippen molar-refractivity contribution in [2.24, 2.45) is 17.8 Å². The Morgan fingerprint density at radius 1 is 1.03 bits per heavy atom. The molecule has 7 rings (SSSR count). The third-order valence-corrected chi connectivity index (χ3v) is 14.6. The van der Waals surface area contributed by atoms with Gasteiger partial charge in [0.1, 0.15) is 36.4 Å². The molecule has 1 aromatic carbocycles. The number of esters is 1. The first-order valence-corrected chi connectivity index (χ1v) is 22.7. The summed E-state index contributed by atoms with van der Waals surface area (Å²) >= 11 is 1.29. The number of rotatable bonds is 4. The van der Waals surface area contributed by atoms with E-state index in [2.05, 4.69) is 25.5 Å². The summed E-state index contributed by atoms with van der Waals surface area (Å²) in [5, 5.41) is 35.9. The van der Waals surface area contributed by atoms with Gasteiger partial charge in [0, 0.05) is 70.3 Å². The second-order valence-electron chi connectivity index (χ2n) is 18.0. The molecule has 4 aliphatic heterocycles. The Hall–Kier alpha value is -3.75. The van der Waals surface area contributed by atoms with Gasteiger partial charge in [-0.05, 0) is 58.7 Å². The Labute approximate surface area is 373 Å². The maximum atomic E-state index is 14.8. The maximum absolute atomic E-state index is 14.8. The first kappa shape index (κ1) is 48.7. The van der Waals surface area contributed by atoms with E-state index in [1.165, 1.54) is 51.0 Å². The molecule has 10 bridgehead atoms. The van der Waals surface area contributed by atoms with Crippen LogP contribution in [-0.4, -0.2) is 141 Å². The van der Waals surface area contributed by atoms with E-state index in [0.717, 1.165) is 16.0 Å². The van der Waals surface area contributed by atoms with Gasteiger partial charge in [-0.25, -0.2) is 14.1 Å². The van der Waals surface area contributed by atoms with Crippen LogP contribution in [0.25, 0.3) is 10.4 Å². The smallest absolute Gasteiger partial charge is 0.316 e. The summed E-state index contributed by atoms with van der Waals surface area (Å²) in [5.41, 5.74) is -1.22. The molecule has 0 spiro atoms. The Morgan fingerprint density at radius 2 is 1.75 bits per heavy atom. The van der Waals surface area contributed by atoms with Gasteiger partial charge in [-0.1, -0.05) is 61.6 Å². The van der Waals surface area contributed by atoms with Crippen LogP contribution < -0.4 is 5.32 Å². The molecule has 0 amide bonds. The minimum atomic E-state index is -2.07. The van der Waals surface area contributed by atoms with Crippen molar-refractivity contribution in [2.75, 3.05) is 39.8 Å².